The van der Waals surface area contributed by atoms with Crippen LogP contribution in [-0.2, 0) is 5.92 Å². The van der Waals surface area contributed by atoms with E-state index in [1.54, 1.807) is 0 Å². The van der Waals surface area contributed by atoms with Gasteiger partial charge in [0.2, 0.25) is 0 Å². The highest BCUT2D eigenvalue weighted by molar-refractivity contribution is 9.10. The van der Waals surface area contributed by atoms with Gasteiger partial charge < -0.3 is 5.73 Å². The van der Waals surface area contributed by atoms with Crippen molar-refractivity contribution in [2.24, 2.45) is 5.73 Å². The van der Waals surface area contributed by atoms with E-state index in [1.165, 1.54) is 12.1 Å². The molecule has 0 fully saturated rings. The van der Waals surface area contributed by atoms with Crippen LogP contribution in [-0.4, -0.2) is 6.54 Å². The van der Waals surface area contributed by atoms with Crippen LogP contribution in [0, 0.1) is 5.82 Å². The Morgan fingerprint density at radius 2 is 2.00 bits per heavy atom. The quantitative estimate of drug-likeness (QED) is 0.862. The molecule has 0 amide bonds. The summed E-state index contributed by atoms with van der Waals surface area (Å²) in [5.74, 6) is -4.27. The summed E-state index contributed by atoms with van der Waals surface area (Å²) in [5.41, 5.74) is 4.15. The lowest BCUT2D eigenvalue weighted by molar-refractivity contribution is 0.00227. The van der Waals surface area contributed by atoms with Gasteiger partial charge in [-0.25, -0.2) is 4.39 Å². The highest BCUT2D eigenvalue weighted by Gasteiger charge is 2.33. The minimum absolute atomic E-state index is 0.0122. The zero-order valence-electron chi connectivity index (χ0n) is 6.53. The van der Waals surface area contributed by atoms with Crippen molar-refractivity contribution >= 4 is 15.9 Å². The largest absolute Gasteiger partial charge is 0.325 e. The third kappa shape index (κ3) is 2.03. The normalized spacial score (nSPS) is 11.8. The molecule has 0 aliphatic heterocycles. The van der Waals surface area contributed by atoms with Gasteiger partial charge in [0.1, 0.15) is 5.82 Å². The van der Waals surface area contributed by atoms with Crippen LogP contribution in [0.3, 0.4) is 0 Å². The van der Waals surface area contributed by atoms with Crippen molar-refractivity contribution in [3.63, 3.8) is 0 Å². The molecule has 0 unspecified atom stereocenters. The number of hydrogen-bond acceptors (Lipinski definition) is 1. The molecule has 0 bridgehead atoms. The van der Waals surface area contributed by atoms with E-state index in [9.17, 15) is 13.2 Å². The summed E-state index contributed by atoms with van der Waals surface area (Å²) in [6.45, 7) is -0.902. The average molecular weight is 254 g/mol. The Morgan fingerprint density at radius 3 is 2.54 bits per heavy atom. The summed E-state index contributed by atoms with van der Waals surface area (Å²) in [6.07, 6.45) is 0. The number of nitrogens with two attached hydrogens (primary N) is 1. The van der Waals surface area contributed by atoms with Gasteiger partial charge in [0.15, 0.2) is 0 Å². The van der Waals surface area contributed by atoms with Gasteiger partial charge in [0.05, 0.1) is 16.6 Å². The van der Waals surface area contributed by atoms with E-state index in [-0.39, 0.29) is 4.47 Å². The predicted molar refractivity (Wildman–Crippen MR) is 47.0 cm³/mol. The number of halogens is 4. The first-order valence-corrected chi connectivity index (χ1v) is 4.30. The monoisotopic (exact) mass is 253 g/mol. The molecule has 0 aliphatic rings. The lowest BCUT2D eigenvalue weighted by Crippen LogP contribution is -2.26. The second kappa shape index (κ2) is 3.67. The lowest BCUT2D eigenvalue weighted by atomic mass is 10.1. The van der Waals surface area contributed by atoms with Crippen LogP contribution in [0.15, 0.2) is 22.7 Å². The Morgan fingerprint density at radius 1 is 1.38 bits per heavy atom. The molecule has 0 heterocycles. The molecule has 0 saturated carbocycles. The fraction of sp³-hybridized carbons (Fsp3) is 0.250. The van der Waals surface area contributed by atoms with Gasteiger partial charge in [-0.1, -0.05) is 6.07 Å². The zero-order valence-corrected chi connectivity index (χ0v) is 8.11. The van der Waals surface area contributed by atoms with E-state index < -0.39 is 23.8 Å². The van der Waals surface area contributed by atoms with Gasteiger partial charge in [-0.15, -0.1) is 0 Å². The fourth-order valence-electron chi connectivity index (χ4n) is 0.896. The van der Waals surface area contributed by atoms with Gasteiger partial charge >= 0.3 is 0 Å². The third-order valence-electron chi connectivity index (χ3n) is 1.60. The first kappa shape index (κ1) is 10.5. The van der Waals surface area contributed by atoms with Crippen LogP contribution >= 0.6 is 15.9 Å². The molecule has 72 valence electrons. The summed E-state index contributed by atoms with van der Waals surface area (Å²) in [6, 6.07) is 3.71. The zero-order chi connectivity index (χ0) is 10.1. The van der Waals surface area contributed by atoms with Gasteiger partial charge in [-0.3, -0.25) is 0 Å². The SMILES string of the molecule is NCC(F)(F)c1cccc(Br)c1F. The van der Waals surface area contributed by atoms with Crippen LogP contribution < -0.4 is 5.73 Å². The Labute approximate surface area is 81.9 Å². The minimum atomic E-state index is -3.31. The number of rotatable bonds is 2. The highest BCUT2D eigenvalue weighted by Crippen LogP contribution is 2.31. The third-order valence-corrected chi connectivity index (χ3v) is 2.21. The molecule has 1 aromatic rings. The molecule has 0 aromatic heterocycles. The van der Waals surface area contributed by atoms with Crippen LogP contribution in [0.5, 0.6) is 0 Å². The van der Waals surface area contributed by atoms with Crippen molar-refractivity contribution in [3.8, 4) is 0 Å². The number of benzene rings is 1. The van der Waals surface area contributed by atoms with E-state index >= 15 is 0 Å². The summed E-state index contributed by atoms with van der Waals surface area (Å²) in [5, 5.41) is 0. The molecule has 1 rings (SSSR count). The van der Waals surface area contributed by atoms with Crippen LogP contribution in [0.4, 0.5) is 13.2 Å². The Kier molecular flexibility index (Phi) is 2.98. The molecular formula is C8H7BrF3N. The molecule has 0 saturated heterocycles. The van der Waals surface area contributed by atoms with E-state index in [2.05, 4.69) is 15.9 Å². The predicted octanol–water partition coefficient (Wildman–Crippen LogP) is 2.64. The molecule has 13 heavy (non-hydrogen) atoms. The Balaban J connectivity index is 3.22. The molecule has 0 radical (unpaired) electrons. The van der Waals surface area contributed by atoms with E-state index in [4.69, 9.17) is 5.73 Å². The van der Waals surface area contributed by atoms with Gasteiger partial charge in [-0.2, -0.15) is 8.78 Å². The summed E-state index contributed by atoms with van der Waals surface area (Å²) in [7, 11) is 0. The first-order chi connectivity index (χ1) is 5.99. The maximum atomic E-state index is 13.1. The average Bonchev–Trinajstić information content (AvgIpc) is 2.09. The van der Waals surface area contributed by atoms with Gasteiger partial charge in [0, 0.05) is 0 Å². The molecule has 0 atom stereocenters. The number of hydrogen-bond donors (Lipinski definition) is 1. The van der Waals surface area contributed by atoms with Gasteiger partial charge in [0.25, 0.3) is 5.92 Å². The topological polar surface area (TPSA) is 26.0 Å². The van der Waals surface area contributed by atoms with Crippen molar-refractivity contribution in [2.45, 2.75) is 5.92 Å². The second-order valence-electron chi connectivity index (χ2n) is 2.51. The molecule has 1 aromatic carbocycles. The van der Waals surface area contributed by atoms with E-state index in [0.29, 0.717) is 0 Å². The molecule has 1 nitrogen and oxygen atoms in total. The lowest BCUT2D eigenvalue weighted by Gasteiger charge is -2.15. The van der Waals surface area contributed by atoms with Crippen molar-refractivity contribution in [1.29, 1.82) is 0 Å². The standard InChI is InChI=1S/C8H7BrF3N/c9-6-3-1-2-5(7(6)10)8(11,12)4-13/h1-3H,4,13H2. The smallest absolute Gasteiger partial charge is 0.288 e. The van der Waals surface area contributed by atoms with Crippen LogP contribution in [0.25, 0.3) is 0 Å². The molecular weight excluding hydrogens is 247 g/mol. The van der Waals surface area contributed by atoms with Crippen LogP contribution in [0.2, 0.25) is 0 Å². The molecule has 0 aliphatic carbocycles. The molecule has 0 spiro atoms. The maximum Gasteiger partial charge on any atom is 0.288 e. The van der Waals surface area contributed by atoms with Crippen LogP contribution in [0.1, 0.15) is 5.56 Å². The maximum absolute atomic E-state index is 13.1. The minimum Gasteiger partial charge on any atom is -0.325 e. The summed E-state index contributed by atoms with van der Waals surface area (Å²) < 4.78 is 39.0. The van der Waals surface area contributed by atoms with E-state index in [0.717, 1.165) is 6.07 Å². The van der Waals surface area contributed by atoms with Crippen molar-refractivity contribution in [2.75, 3.05) is 6.54 Å². The van der Waals surface area contributed by atoms with Crippen molar-refractivity contribution < 1.29 is 13.2 Å². The highest BCUT2D eigenvalue weighted by atomic mass is 79.9. The first-order valence-electron chi connectivity index (χ1n) is 3.51. The second-order valence-corrected chi connectivity index (χ2v) is 3.36. The Hall–Kier alpha value is -0.550. The van der Waals surface area contributed by atoms with Crippen molar-refractivity contribution in [3.05, 3.63) is 34.1 Å². The van der Waals surface area contributed by atoms with Crippen molar-refractivity contribution in [1.82, 2.24) is 0 Å². The summed E-state index contributed by atoms with van der Waals surface area (Å²) >= 11 is 2.82. The summed E-state index contributed by atoms with van der Waals surface area (Å²) in [4.78, 5) is 0. The molecule has 2 N–H and O–H groups in total. The fourth-order valence-corrected chi connectivity index (χ4v) is 1.26. The van der Waals surface area contributed by atoms with E-state index in [1.807, 2.05) is 0 Å². The van der Waals surface area contributed by atoms with Gasteiger partial charge in [-0.05, 0) is 28.1 Å². The number of alkyl halides is 2. The Bertz CT molecular complexity index is 314. The molecule has 5 heteroatoms.